The van der Waals surface area contributed by atoms with Gasteiger partial charge in [-0.3, -0.25) is 43.3 Å². The number of aliphatic carboxylic acids is 1. The van der Waals surface area contributed by atoms with E-state index in [-0.39, 0.29) is 68.4 Å². The van der Waals surface area contributed by atoms with Crippen molar-refractivity contribution in [3.05, 3.63) is 95.6 Å². The average Bonchev–Trinajstić information content (AvgIpc) is 3.43. The molecule has 81 heavy (non-hydrogen) atoms. The summed E-state index contributed by atoms with van der Waals surface area (Å²) in [5.74, 6) is -10.5. The lowest BCUT2D eigenvalue weighted by atomic mass is 10.0. The summed E-state index contributed by atoms with van der Waals surface area (Å²) in [6, 6.07) is 5.47. The van der Waals surface area contributed by atoms with Crippen LogP contribution in [-0.4, -0.2) is 170 Å². The number of carboxylic acid groups (broad SMARTS) is 1. The molecular weight excluding hydrogens is 1060 g/mol. The quantitative estimate of drug-likeness (QED) is 0.0160. The number of aromatic hydroxyl groups is 2. The Morgan fingerprint density at radius 2 is 0.864 bits per heavy atom. The highest BCUT2D eigenvalue weighted by atomic mass is 16.4. The van der Waals surface area contributed by atoms with E-state index in [4.69, 9.17) is 17.2 Å². The van der Waals surface area contributed by atoms with Crippen molar-refractivity contribution in [3.8, 4) is 11.5 Å². The van der Waals surface area contributed by atoms with Crippen LogP contribution in [0.2, 0.25) is 0 Å². The molecule has 0 aliphatic carbocycles. The highest BCUT2D eigenvalue weighted by Crippen LogP contribution is 2.16. The largest absolute Gasteiger partial charge is 0.508 e. The van der Waals surface area contributed by atoms with Gasteiger partial charge in [0, 0.05) is 25.8 Å². The summed E-state index contributed by atoms with van der Waals surface area (Å²) in [7, 11) is 0. The van der Waals surface area contributed by atoms with Crippen molar-refractivity contribution in [2.75, 3.05) is 19.8 Å². The van der Waals surface area contributed by atoms with Crippen LogP contribution in [0.25, 0.3) is 0 Å². The van der Waals surface area contributed by atoms with Gasteiger partial charge < -0.3 is 90.4 Å². The number of rotatable bonds is 33. The van der Waals surface area contributed by atoms with Crippen LogP contribution in [0.3, 0.4) is 0 Å². The van der Waals surface area contributed by atoms with E-state index in [1.54, 1.807) is 44.2 Å². The van der Waals surface area contributed by atoms with Gasteiger partial charge in [-0.25, -0.2) is 4.79 Å². The molecule has 10 atom stereocenters. The molecule has 3 rings (SSSR count). The zero-order valence-corrected chi connectivity index (χ0v) is 45.8. The Balaban J connectivity index is 1.97. The molecule has 20 N–H and O–H groups in total. The first-order valence-corrected chi connectivity index (χ1v) is 26.2. The number of carboxylic acids is 1. The number of aliphatic hydroxyl groups excluding tert-OH is 3. The number of nitrogens with one attached hydrogen (secondary N) is 8. The maximum absolute atomic E-state index is 14.6. The van der Waals surface area contributed by atoms with Gasteiger partial charge in [-0.1, -0.05) is 82.3 Å². The van der Waals surface area contributed by atoms with Gasteiger partial charge in [0.15, 0.2) is 5.96 Å². The van der Waals surface area contributed by atoms with Gasteiger partial charge in [-0.15, -0.1) is 0 Å². The fraction of sp³-hybridized carbons (Fsp3) is 0.481. The van der Waals surface area contributed by atoms with Crippen LogP contribution in [0.4, 0.5) is 0 Å². The van der Waals surface area contributed by atoms with Crippen LogP contribution in [-0.2, 0) is 62.4 Å². The molecule has 3 aromatic rings. The molecule has 0 aromatic heterocycles. The van der Waals surface area contributed by atoms with Gasteiger partial charge in [-0.2, -0.15) is 0 Å². The van der Waals surface area contributed by atoms with Gasteiger partial charge in [-0.05, 0) is 79.0 Å². The van der Waals surface area contributed by atoms with Gasteiger partial charge in [0.2, 0.25) is 47.3 Å². The predicted octanol–water partition coefficient (Wildman–Crippen LogP) is -3.46. The Hall–Kier alpha value is -8.40. The molecule has 8 amide bonds. The van der Waals surface area contributed by atoms with E-state index < -0.39 is 133 Å². The summed E-state index contributed by atoms with van der Waals surface area (Å²) in [5, 5.41) is 80.6. The molecule has 0 aliphatic rings. The Labute approximate surface area is 468 Å². The summed E-state index contributed by atoms with van der Waals surface area (Å²) in [6.45, 7) is 5.84. The topological polar surface area (TPSA) is 462 Å². The van der Waals surface area contributed by atoms with Crippen LogP contribution in [0, 0.1) is 11.8 Å². The molecule has 0 radical (unpaired) electrons. The van der Waals surface area contributed by atoms with Crippen LogP contribution < -0.4 is 59.7 Å². The second-order valence-corrected chi connectivity index (χ2v) is 20.1. The zero-order valence-electron chi connectivity index (χ0n) is 45.8. The minimum absolute atomic E-state index is 0.00620. The minimum atomic E-state index is -1.87. The molecular formula is C54H78N12O15. The second kappa shape index (κ2) is 33.3. The number of aliphatic hydroxyl groups is 3. The van der Waals surface area contributed by atoms with Crippen LogP contribution in [0.1, 0.15) is 70.6 Å². The second-order valence-electron chi connectivity index (χ2n) is 20.1. The molecule has 3 aromatic carbocycles. The van der Waals surface area contributed by atoms with Crippen LogP contribution in [0.5, 0.6) is 11.5 Å². The molecule has 0 saturated heterocycles. The first kappa shape index (κ1) is 66.9. The number of phenols is 2. The number of hydrogen-bond donors (Lipinski definition) is 17. The lowest BCUT2D eigenvalue weighted by Gasteiger charge is -2.28. The minimum Gasteiger partial charge on any atom is -0.508 e. The van der Waals surface area contributed by atoms with Crippen molar-refractivity contribution in [2.24, 2.45) is 34.0 Å². The third-order valence-corrected chi connectivity index (χ3v) is 12.5. The van der Waals surface area contributed by atoms with Crippen molar-refractivity contribution in [1.29, 1.82) is 0 Å². The molecule has 27 heteroatoms. The highest BCUT2D eigenvalue weighted by molar-refractivity contribution is 5.98. The maximum atomic E-state index is 14.6. The normalized spacial score (nSPS) is 14.9. The number of nitrogens with zero attached hydrogens (tertiary/aromatic N) is 1. The highest BCUT2D eigenvalue weighted by Gasteiger charge is 2.36. The third kappa shape index (κ3) is 23.1. The number of benzene rings is 3. The molecule has 0 aliphatic heterocycles. The van der Waals surface area contributed by atoms with E-state index in [2.05, 4.69) is 47.5 Å². The molecule has 0 bridgehead atoms. The van der Waals surface area contributed by atoms with Gasteiger partial charge in [0.25, 0.3) is 0 Å². The number of hydrogen-bond acceptors (Lipinski definition) is 16. The fourth-order valence-electron chi connectivity index (χ4n) is 8.04. The van der Waals surface area contributed by atoms with Crippen LogP contribution in [0.15, 0.2) is 83.9 Å². The summed E-state index contributed by atoms with van der Waals surface area (Å²) in [5.41, 5.74) is 18.3. The van der Waals surface area contributed by atoms with E-state index in [1.807, 2.05) is 13.8 Å². The Morgan fingerprint density at radius 1 is 0.494 bits per heavy atom. The molecule has 0 unspecified atom stereocenters. The molecule has 0 saturated carbocycles. The lowest BCUT2D eigenvalue weighted by molar-refractivity contribution is -0.143. The SMILES string of the molecule is CC(C)C[C@H](N)C(=O)N[C@H](C(=O)N[C@@H](CCCN=C(N)N)C(=O)N[C@@H](Cc1ccc(O)cc1)C(=O)N[C@@H](Cc1ccc(O)cc1)C(=O)N[C@@H](CO)C(=O)N[C@@H](CO)C(=O)N[C@@H](Cc1ccccc1)C(=O)N[C@H](C(=O)O)C(C)C)[C@@H](C)O. The Bertz CT molecular complexity index is 2600. The van der Waals surface area contributed by atoms with E-state index in [1.165, 1.54) is 55.5 Å². The average molecular weight is 1140 g/mol. The molecule has 444 valence electrons. The molecule has 0 fully saturated rings. The number of carbonyl (C=O) groups is 9. The summed E-state index contributed by atoms with van der Waals surface area (Å²) >= 11 is 0. The van der Waals surface area contributed by atoms with E-state index >= 15 is 0 Å². The van der Waals surface area contributed by atoms with Crippen molar-refractivity contribution < 1.29 is 73.8 Å². The lowest BCUT2D eigenvalue weighted by Crippen LogP contribution is -2.62. The zero-order chi connectivity index (χ0) is 60.5. The number of aliphatic imine (C=N–C) groups is 1. The van der Waals surface area contributed by atoms with E-state index in [0.29, 0.717) is 16.7 Å². The molecule has 0 spiro atoms. The number of phenolic OH excluding ortho intramolecular Hbond substituents is 2. The van der Waals surface area contributed by atoms with Crippen LogP contribution >= 0.6 is 0 Å². The molecule has 27 nitrogen and oxygen atoms in total. The number of amides is 8. The van der Waals surface area contributed by atoms with Crippen molar-refractivity contribution >= 4 is 59.2 Å². The fourth-order valence-corrected chi connectivity index (χ4v) is 8.04. The third-order valence-electron chi connectivity index (χ3n) is 12.5. The summed E-state index contributed by atoms with van der Waals surface area (Å²) < 4.78 is 0. The van der Waals surface area contributed by atoms with Crippen molar-refractivity contribution in [2.45, 2.75) is 134 Å². The van der Waals surface area contributed by atoms with Crippen molar-refractivity contribution in [1.82, 2.24) is 42.5 Å². The monoisotopic (exact) mass is 1130 g/mol. The van der Waals surface area contributed by atoms with Gasteiger partial charge in [0.05, 0.1) is 25.4 Å². The van der Waals surface area contributed by atoms with E-state index in [9.17, 15) is 73.8 Å². The smallest absolute Gasteiger partial charge is 0.326 e. The number of nitrogens with two attached hydrogens (primary N) is 3. The standard InChI is InChI=1S/C54H78N12O15/c1-28(2)22-36(55)45(72)66-44(30(5)69)52(79)59-37(12-9-21-58-54(56)57)46(73)60-38(24-32-13-17-34(70)18-14-32)47(74)61-39(25-33-15-19-35(71)20-16-33)48(75)63-42(27-68)51(78)64-41(26-67)50(77)62-40(23-31-10-7-6-8-11-31)49(76)65-43(29(3)4)53(80)81/h6-8,10-11,13-20,28-30,36-44,67-71H,9,12,21-27,55H2,1-5H3,(H,59,79)(H,60,73)(H,61,74)(H,62,77)(H,63,75)(H,64,78)(H,65,76)(H,66,72)(H,80,81)(H4,56,57,58)/t30-,36+,37+,38+,39+,40+,41+,42+,43+,44+/m1/s1. The first-order chi connectivity index (χ1) is 38.2. The predicted molar refractivity (Wildman–Crippen MR) is 295 cm³/mol. The van der Waals surface area contributed by atoms with E-state index in [0.717, 1.165) is 0 Å². The number of guanidine groups is 1. The summed E-state index contributed by atoms with van der Waals surface area (Å²) in [4.78, 5) is 127. The van der Waals surface area contributed by atoms with Crippen molar-refractivity contribution in [3.63, 3.8) is 0 Å². The molecule has 0 heterocycles. The van der Waals surface area contributed by atoms with Gasteiger partial charge >= 0.3 is 5.97 Å². The van der Waals surface area contributed by atoms with Gasteiger partial charge in [0.1, 0.15) is 59.8 Å². The number of carbonyl (C=O) groups excluding carboxylic acids is 8. The Kier molecular flexibility index (Phi) is 27.5. The first-order valence-electron chi connectivity index (χ1n) is 26.2. The summed E-state index contributed by atoms with van der Waals surface area (Å²) in [6.07, 6.45) is -2.13. The Morgan fingerprint density at radius 3 is 1.25 bits per heavy atom. The maximum Gasteiger partial charge on any atom is 0.326 e.